The van der Waals surface area contributed by atoms with Crippen LogP contribution in [0.4, 0.5) is 4.39 Å². The van der Waals surface area contributed by atoms with Crippen LogP contribution in [0.2, 0.25) is 5.02 Å². The van der Waals surface area contributed by atoms with Crippen molar-refractivity contribution < 1.29 is 4.39 Å². The highest BCUT2D eigenvalue weighted by atomic mass is 35.5. The summed E-state index contributed by atoms with van der Waals surface area (Å²) in [6.45, 7) is 0. The Kier molecular flexibility index (Phi) is 4.16. The van der Waals surface area contributed by atoms with Crippen LogP contribution >= 0.6 is 35.0 Å². The third-order valence-electron chi connectivity index (χ3n) is 3.98. The number of halogens is 3. The first kappa shape index (κ1) is 14.5. The van der Waals surface area contributed by atoms with Crippen LogP contribution in [0.25, 0.3) is 11.0 Å². The highest BCUT2D eigenvalue weighted by Gasteiger charge is 2.28. The van der Waals surface area contributed by atoms with E-state index in [0.29, 0.717) is 22.7 Å². The minimum absolute atomic E-state index is 0.138. The summed E-state index contributed by atoms with van der Waals surface area (Å²) in [7, 11) is 0. The molecule has 0 spiro atoms. The van der Waals surface area contributed by atoms with Gasteiger partial charge in [0.2, 0.25) is 0 Å². The number of benzene rings is 1. The number of thioether (sulfide) groups is 1. The van der Waals surface area contributed by atoms with Gasteiger partial charge in [-0.2, -0.15) is 11.8 Å². The van der Waals surface area contributed by atoms with E-state index in [0.717, 1.165) is 24.2 Å². The van der Waals surface area contributed by atoms with Crippen molar-refractivity contribution in [2.45, 2.75) is 36.4 Å². The number of fused-ring (bicyclic) bond motifs is 1. The van der Waals surface area contributed by atoms with Gasteiger partial charge in [0, 0.05) is 17.4 Å². The Labute approximate surface area is 131 Å². The molecule has 2 atom stereocenters. The Hall–Kier alpha value is -0.450. The minimum Gasteiger partial charge on any atom is -0.324 e. The van der Waals surface area contributed by atoms with Crippen molar-refractivity contribution in [3.05, 3.63) is 28.8 Å². The van der Waals surface area contributed by atoms with Crippen molar-refractivity contribution in [2.24, 2.45) is 0 Å². The molecule has 1 aliphatic rings. The van der Waals surface area contributed by atoms with E-state index in [-0.39, 0.29) is 5.02 Å². The molecule has 0 N–H and O–H groups in total. The summed E-state index contributed by atoms with van der Waals surface area (Å²) >= 11 is 13.8. The number of nitrogens with zero attached hydrogens (tertiary/aromatic N) is 2. The fraction of sp³-hybridized carbons (Fsp3) is 0.500. The van der Waals surface area contributed by atoms with E-state index in [9.17, 15) is 4.39 Å². The lowest BCUT2D eigenvalue weighted by molar-refractivity contribution is 0.519. The zero-order valence-electron chi connectivity index (χ0n) is 11.1. The molecule has 1 saturated carbocycles. The molecular formula is C14H15Cl2FN2S. The largest absolute Gasteiger partial charge is 0.324 e. The van der Waals surface area contributed by atoms with E-state index in [2.05, 4.69) is 15.8 Å². The van der Waals surface area contributed by atoms with Gasteiger partial charge < -0.3 is 4.57 Å². The number of imidazole rings is 1. The van der Waals surface area contributed by atoms with E-state index in [1.807, 2.05) is 11.8 Å². The number of aromatic nitrogens is 2. The fourth-order valence-electron chi connectivity index (χ4n) is 3.01. The molecule has 3 rings (SSSR count). The Morgan fingerprint density at radius 3 is 2.90 bits per heavy atom. The lowest BCUT2D eigenvalue weighted by atomic mass is 10.2. The van der Waals surface area contributed by atoms with Crippen molar-refractivity contribution in [1.82, 2.24) is 9.55 Å². The predicted octanol–water partition coefficient (Wildman–Crippen LogP) is 5.02. The minimum atomic E-state index is -0.432. The molecule has 2 unspecified atom stereocenters. The molecule has 0 radical (unpaired) electrons. The summed E-state index contributed by atoms with van der Waals surface area (Å²) in [6.07, 6.45) is 5.55. The van der Waals surface area contributed by atoms with Gasteiger partial charge in [-0.1, -0.05) is 11.6 Å². The summed E-state index contributed by atoms with van der Waals surface area (Å²) in [5, 5.41) is 0.815. The molecule has 0 aliphatic heterocycles. The Bertz CT molecular complexity index is 644. The Morgan fingerprint density at radius 1 is 1.45 bits per heavy atom. The zero-order valence-corrected chi connectivity index (χ0v) is 13.4. The van der Waals surface area contributed by atoms with Gasteiger partial charge >= 0.3 is 0 Å². The fourth-order valence-corrected chi connectivity index (χ4v) is 4.14. The Balaban J connectivity index is 2.11. The van der Waals surface area contributed by atoms with Crippen LogP contribution in [0.15, 0.2) is 12.1 Å². The maximum absolute atomic E-state index is 13.6. The van der Waals surface area contributed by atoms with E-state index < -0.39 is 5.82 Å². The lowest BCUT2D eigenvalue weighted by Gasteiger charge is -2.16. The molecule has 2 nitrogen and oxygen atoms in total. The highest BCUT2D eigenvalue weighted by Crippen LogP contribution is 2.39. The number of hydrogen-bond acceptors (Lipinski definition) is 2. The first-order valence-electron chi connectivity index (χ1n) is 6.58. The van der Waals surface area contributed by atoms with Crippen molar-refractivity contribution in [3.8, 4) is 0 Å². The number of rotatable bonds is 3. The van der Waals surface area contributed by atoms with Crippen LogP contribution in [0, 0.1) is 5.82 Å². The van der Waals surface area contributed by atoms with Crippen molar-refractivity contribution in [2.75, 3.05) is 6.26 Å². The van der Waals surface area contributed by atoms with E-state index in [1.165, 1.54) is 12.5 Å². The van der Waals surface area contributed by atoms with Crippen molar-refractivity contribution in [3.63, 3.8) is 0 Å². The molecule has 1 heterocycles. The van der Waals surface area contributed by atoms with Crippen LogP contribution in [0.1, 0.15) is 31.1 Å². The SMILES string of the molecule is CSC1CCC(n2c(CCl)nc3cc(F)c(Cl)cc32)C1. The second-order valence-corrected chi connectivity index (χ2v) is 6.92. The zero-order chi connectivity index (χ0) is 14.3. The summed E-state index contributed by atoms with van der Waals surface area (Å²) in [5.74, 6) is 0.697. The van der Waals surface area contributed by atoms with Crippen LogP contribution in [0.3, 0.4) is 0 Å². The first-order chi connectivity index (χ1) is 9.63. The molecule has 108 valence electrons. The average Bonchev–Trinajstić information content (AvgIpc) is 3.03. The van der Waals surface area contributed by atoms with Gasteiger partial charge in [0.15, 0.2) is 0 Å². The molecular weight excluding hydrogens is 318 g/mol. The van der Waals surface area contributed by atoms with Crippen LogP contribution in [0.5, 0.6) is 0 Å². The van der Waals surface area contributed by atoms with Crippen LogP contribution in [-0.2, 0) is 5.88 Å². The Morgan fingerprint density at radius 2 is 2.25 bits per heavy atom. The van der Waals surface area contributed by atoms with Crippen molar-refractivity contribution in [1.29, 1.82) is 0 Å². The molecule has 0 amide bonds. The highest BCUT2D eigenvalue weighted by molar-refractivity contribution is 7.99. The molecule has 1 aliphatic carbocycles. The molecule has 0 bridgehead atoms. The topological polar surface area (TPSA) is 17.8 Å². The summed E-state index contributed by atoms with van der Waals surface area (Å²) in [5.41, 5.74) is 1.52. The maximum atomic E-state index is 13.6. The summed E-state index contributed by atoms with van der Waals surface area (Å²) in [4.78, 5) is 4.45. The average molecular weight is 333 g/mol. The van der Waals surface area contributed by atoms with Crippen molar-refractivity contribution >= 4 is 46.0 Å². The summed E-state index contributed by atoms with van der Waals surface area (Å²) in [6, 6.07) is 3.44. The van der Waals surface area contributed by atoms with Crippen LogP contribution < -0.4 is 0 Å². The molecule has 6 heteroatoms. The van der Waals surface area contributed by atoms with E-state index >= 15 is 0 Å². The third-order valence-corrected chi connectivity index (χ3v) is 5.60. The van der Waals surface area contributed by atoms with E-state index in [1.54, 1.807) is 6.07 Å². The van der Waals surface area contributed by atoms with Gasteiger partial charge in [0.1, 0.15) is 11.6 Å². The van der Waals surface area contributed by atoms with Crippen LogP contribution in [-0.4, -0.2) is 21.1 Å². The monoisotopic (exact) mass is 332 g/mol. The van der Waals surface area contributed by atoms with E-state index in [4.69, 9.17) is 23.2 Å². The van der Waals surface area contributed by atoms with Gasteiger partial charge in [-0.25, -0.2) is 9.37 Å². The predicted molar refractivity (Wildman–Crippen MR) is 84.4 cm³/mol. The molecule has 1 fully saturated rings. The maximum Gasteiger partial charge on any atom is 0.144 e. The number of alkyl halides is 1. The van der Waals surface area contributed by atoms with Gasteiger partial charge in [0.25, 0.3) is 0 Å². The quantitative estimate of drug-likeness (QED) is 0.734. The second kappa shape index (κ2) is 5.74. The molecule has 0 saturated heterocycles. The number of hydrogen-bond donors (Lipinski definition) is 0. The third kappa shape index (κ3) is 2.42. The molecule has 1 aromatic carbocycles. The summed E-state index contributed by atoms with van der Waals surface area (Å²) < 4.78 is 15.7. The van der Waals surface area contributed by atoms with Gasteiger partial charge in [-0.15, -0.1) is 11.6 Å². The lowest BCUT2D eigenvalue weighted by Crippen LogP contribution is -2.09. The second-order valence-electron chi connectivity index (χ2n) is 5.11. The van der Waals surface area contributed by atoms with Gasteiger partial charge in [-0.3, -0.25) is 0 Å². The smallest absolute Gasteiger partial charge is 0.144 e. The standard InChI is InChI=1S/C14H15Cl2FN2S/c1-20-9-3-2-8(4-9)19-13-5-10(16)11(17)6-12(13)18-14(19)7-15/h5-6,8-9H,2-4,7H2,1H3. The molecule has 1 aromatic heterocycles. The van der Waals surface area contributed by atoms with Gasteiger partial charge in [-0.05, 0) is 31.6 Å². The van der Waals surface area contributed by atoms with Gasteiger partial charge in [0.05, 0.1) is 21.9 Å². The first-order valence-corrected chi connectivity index (χ1v) is 8.78. The normalized spacial score (nSPS) is 22.8. The molecule has 2 aromatic rings. The molecule has 20 heavy (non-hydrogen) atoms.